The lowest BCUT2D eigenvalue weighted by Crippen LogP contribution is -2.17. The minimum Gasteiger partial charge on any atom is -0.461 e. The zero-order valence-electron chi connectivity index (χ0n) is 9.67. The van der Waals surface area contributed by atoms with Crippen molar-refractivity contribution in [2.75, 3.05) is 6.61 Å². The van der Waals surface area contributed by atoms with Crippen LogP contribution in [0.3, 0.4) is 0 Å². The van der Waals surface area contributed by atoms with Gasteiger partial charge in [0, 0.05) is 12.7 Å². The van der Waals surface area contributed by atoms with Gasteiger partial charge in [0.1, 0.15) is 5.69 Å². The molecule has 0 saturated heterocycles. The van der Waals surface area contributed by atoms with Gasteiger partial charge in [0.2, 0.25) is 0 Å². The van der Waals surface area contributed by atoms with E-state index < -0.39 is 18.6 Å². The number of hydrogen-bond donors (Lipinski definition) is 0. The number of carbonyl (C=O) groups is 1. The van der Waals surface area contributed by atoms with Crippen LogP contribution in [0.4, 0.5) is 13.2 Å². The molecule has 1 heterocycles. The molecule has 0 aliphatic heterocycles. The van der Waals surface area contributed by atoms with Crippen molar-refractivity contribution in [3.63, 3.8) is 0 Å². The molecule has 1 rings (SSSR count). The molecule has 0 N–H and O–H groups in total. The van der Waals surface area contributed by atoms with E-state index in [1.807, 2.05) is 0 Å². The van der Waals surface area contributed by atoms with Gasteiger partial charge in [-0.15, -0.1) is 0 Å². The van der Waals surface area contributed by atoms with Crippen molar-refractivity contribution in [1.82, 2.24) is 4.57 Å². The predicted octanol–water partition coefficient (Wildman–Crippen LogP) is 2.93. The van der Waals surface area contributed by atoms with Gasteiger partial charge in [0.15, 0.2) is 0 Å². The summed E-state index contributed by atoms with van der Waals surface area (Å²) in [6.45, 7) is 3.24. The van der Waals surface area contributed by atoms with Crippen LogP contribution in [-0.2, 0) is 11.3 Å². The fourth-order valence-corrected chi connectivity index (χ4v) is 1.49. The number of esters is 1. The minimum atomic E-state index is -4.23. The predicted molar refractivity (Wildman–Crippen MR) is 55.8 cm³/mol. The SMILES string of the molecule is CCOC(=O)c1c(C)ccn1CCC(F)(F)F. The summed E-state index contributed by atoms with van der Waals surface area (Å²) in [5.41, 5.74) is 0.807. The van der Waals surface area contributed by atoms with Gasteiger partial charge >= 0.3 is 12.1 Å². The van der Waals surface area contributed by atoms with E-state index in [0.29, 0.717) is 5.56 Å². The maximum absolute atomic E-state index is 12.1. The summed E-state index contributed by atoms with van der Waals surface area (Å²) in [7, 11) is 0. The molecule has 0 radical (unpaired) electrons. The van der Waals surface area contributed by atoms with E-state index in [9.17, 15) is 18.0 Å². The fraction of sp³-hybridized carbons (Fsp3) is 0.545. The normalized spacial score (nSPS) is 11.6. The largest absolute Gasteiger partial charge is 0.461 e. The van der Waals surface area contributed by atoms with E-state index in [4.69, 9.17) is 4.74 Å². The Kier molecular flexibility index (Phi) is 4.20. The average molecular weight is 249 g/mol. The minimum absolute atomic E-state index is 0.191. The first-order chi connectivity index (χ1) is 7.85. The second-order valence-electron chi connectivity index (χ2n) is 3.63. The van der Waals surface area contributed by atoms with Gasteiger partial charge in [0.25, 0.3) is 0 Å². The first-order valence-electron chi connectivity index (χ1n) is 5.24. The van der Waals surface area contributed by atoms with Crippen LogP contribution in [0.1, 0.15) is 29.4 Å². The molecule has 0 unspecified atom stereocenters. The van der Waals surface area contributed by atoms with Gasteiger partial charge < -0.3 is 9.30 Å². The summed E-state index contributed by atoms with van der Waals surface area (Å²) in [5, 5.41) is 0. The highest BCUT2D eigenvalue weighted by atomic mass is 19.4. The van der Waals surface area contributed by atoms with E-state index in [2.05, 4.69) is 0 Å². The van der Waals surface area contributed by atoms with Gasteiger partial charge in [-0.2, -0.15) is 13.2 Å². The van der Waals surface area contributed by atoms with E-state index in [-0.39, 0.29) is 18.8 Å². The standard InChI is InChI=1S/C11H14F3NO2/c1-3-17-10(16)9-8(2)4-6-15(9)7-5-11(12,13)14/h4,6H,3,5,7H2,1-2H3. The van der Waals surface area contributed by atoms with Crippen LogP contribution in [0.15, 0.2) is 12.3 Å². The Morgan fingerprint density at radius 3 is 2.65 bits per heavy atom. The van der Waals surface area contributed by atoms with Crippen molar-refractivity contribution in [2.45, 2.75) is 33.0 Å². The molecule has 1 aromatic heterocycles. The smallest absolute Gasteiger partial charge is 0.390 e. The van der Waals surface area contributed by atoms with Crippen LogP contribution in [0, 0.1) is 6.92 Å². The third-order valence-corrected chi connectivity index (χ3v) is 2.27. The van der Waals surface area contributed by atoms with Crippen LogP contribution < -0.4 is 0 Å². The Labute approximate surface area is 97.2 Å². The summed E-state index contributed by atoms with van der Waals surface area (Å²) >= 11 is 0. The molecule has 6 heteroatoms. The number of halogens is 3. The number of alkyl halides is 3. The number of aryl methyl sites for hydroxylation is 2. The molecule has 0 spiro atoms. The molecule has 17 heavy (non-hydrogen) atoms. The van der Waals surface area contributed by atoms with E-state index in [1.54, 1.807) is 19.9 Å². The molecule has 0 aromatic carbocycles. The molecule has 0 bridgehead atoms. The zero-order valence-corrected chi connectivity index (χ0v) is 9.67. The van der Waals surface area contributed by atoms with Crippen LogP contribution >= 0.6 is 0 Å². The summed E-state index contributed by atoms with van der Waals surface area (Å²) in [4.78, 5) is 11.5. The number of aromatic nitrogens is 1. The molecule has 3 nitrogen and oxygen atoms in total. The monoisotopic (exact) mass is 249 g/mol. The zero-order chi connectivity index (χ0) is 13.1. The first kappa shape index (κ1) is 13.6. The summed E-state index contributed by atoms with van der Waals surface area (Å²) in [6.07, 6.45) is -3.73. The van der Waals surface area contributed by atoms with Crippen molar-refractivity contribution < 1.29 is 22.7 Å². The van der Waals surface area contributed by atoms with Crippen LogP contribution in [0.5, 0.6) is 0 Å². The Balaban J connectivity index is 2.83. The lowest BCUT2D eigenvalue weighted by atomic mass is 10.2. The van der Waals surface area contributed by atoms with Crippen molar-refractivity contribution in [3.05, 3.63) is 23.5 Å². The van der Waals surface area contributed by atoms with Gasteiger partial charge in [-0.3, -0.25) is 0 Å². The molecular weight excluding hydrogens is 235 g/mol. The Morgan fingerprint density at radius 1 is 1.47 bits per heavy atom. The van der Waals surface area contributed by atoms with E-state index in [0.717, 1.165) is 0 Å². The maximum Gasteiger partial charge on any atom is 0.390 e. The lowest BCUT2D eigenvalue weighted by molar-refractivity contribution is -0.136. The summed E-state index contributed by atoms with van der Waals surface area (Å²) < 4.78 is 42.4. The third kappa shape index (κ3) is 3.80. The van der Waals surface area contributed by atoms with Gasteiger partial charge in [0.05, 0.1) is 13.0 Å². The van der Waals surface area contributed by atoms with Gasteiger partial charge in [-0.25, -0.2) is 4.79 Å². The van der Waals surface area contributed by atoms with Crippen molar-refractivity contribution in [3.8, 4) is 0 Å². The number of carbonyl (C=O) groups excluding carboxylic acids is 1. The topological polar surface area (TPSA) is 31.2 Å². The molecule has 0 saturated carbocycles. The van der Waals surface area contributed by atoms with Crippen molar-refractivity contribution >= 4 is 5.97 Å². The maximum atomic E-state index is 12.1. The molecule has 1 aromatic rings. The van der Waals surface area contributed by atoms with Crippen LogP contribution in [-0.4, -0.2) is 23.3 Å². The second kappa shape index (κ2) is 5.25. The van der Waals surface area contributed by atoms with Crippen molar-refractivity contribution in [1.29, 1.82) is 0 Å². The lowest BCUT2D eigenvalue weighted by Gasteiger charge is -2.11. The quantitative estimate of drug-likeness (QED) is 0.768. The highest BCUT2D eigenvalue weighted by Gasteiger charge is 2.27. The number of ether oxygens (including phenoxy) is 1. The summed E-state index contributed by atoms with van der Waals surface area (Å²) in [5.74, 6) is -0.586. The average Bonchev–Trinajstić information content (AvgIpc) is 2.56. The molecule has 0 amide bonds. The fourth-order valence-electron chi connectivity index (χ4n) is 1.49. The molecule has 0 atom stereocenters. The summed E-state index contributed by atoms with van der Waals surface area (Å²) in [6, 6.07) is 1.60. The molecule has 0 aliphatic rings. The number of nitrogens with zero attached hydrogens (tertiary/aromatic N) is 1. The van der Waals surface area contributed by atoms with Gasteiger partial charge in [-0.05, 0) is 25.5 Å². The van der Waals surface area contributed by atoms with E-state index >= 15 is 0 Å². The number of hydrogen-bond acceptors (Lipinski definition) is 2. The second-order valence-corrected chi connectivity index (χ2v) is 3.63. The van der Waals surface area contributed by atoms with Crippen molar-refractivity contribution in [2.24, 2.45) is 0 Å². The Bertz CT molecular complexity index is 396. The van der Waals surface area contributed by atoms with Gasteiger partial charge in [-0.1, -0.05) is 0 Å². The number of rotatable bonds is 4. The third-order valence-electron chi connectivity index (χ3n) is 2.27. The molecule has 0 fully saturated rings. The first-order valence-corrected chi connectivity index (χ1v) is 5.24. The highest BCUT2D eigenvalue weighted by molar-refractivity contribution is 5.89. The molecule has 96 valence electrons. The van der Waals surface area contributed by atoms with E-state index in [1.165, 1.54) is 10.8 Å². The highest BCUT2D eigenvalue weighted by Crippen LogP contribution is 2.22. The Hall–Kier alpha value is -1.46. The van der Waals surface area contributed by atoms with Crippen LogP contribution in [0.25, 0.3) is 0 Å². The molecule has 0 aliphatic carbocycles. The molecular formula is C11H14F3NO2. The van der Waals surface area contributed by atoms with Crippen LogP contribution in [0.2, 0.25) is 0 Å². The Morgan fingerprint density at radius 2 is 2.12 bits per heavy atom.